The summed E-state index contributed by atoms with van der Waals surface area (Å²) in [7, 11) is 0. The first-order chi connectivity index (χ1) is 7.15. The monoisotopic (exact) mass is 202 g/mol. The first kappa shape index (κ1) is 11.7. The molecule has 0 radical (unpaired) electrons. The lowest BCUT2D eigenvalue weighted by Crippen LogP contribution is -2.30. The Kier molecular flexibility index (Phi) is 3.87. The normalized spacial score (nSPS) is 17.3. The van der Waals surface area contributed by atoms with E-state index in [1.807, 2.05) is 56.3 Å². The summed E-state index contributed by atoms with van der Waals surface area (Å²) in [5.74, 6) is -0.0175. The van der Waals surface area contributed by atoms with E-state index in [0.29, 0.717) is 0 Å². The second-order valence-electron chi connectivity index (χ2n) is 3.72. The van der Waals surface area contributed by atoms with E-state index in [2.05, 4.69) is 6.58 Å². The smallest absolute Gasteiger partial charge is 0.114 e. The zero-order valence-corrected chi connectivity index (χ0v) is 9.35. The maximum Gasteiger partial charge on any atom is 0.114 e. The van der Waals surface area contributed by atoms with E-state index in [1.54, 1.807) is 6.08 Å². The zero-order chi connectivity index (χ0) is 11.3. The number of rotatable bonds is 4. The van der Waals surface area contributed by atoms with Crippen LogP contribution >= 0.6 is 0 Å². The molecule has 2 atom stereocenters. The van der Waals surface area contributed by atoms with Gasteiger partial charge in [0.25, 0.3) is 0 Å². The Balaban J connectivity index is 3.18. The number of allylic oxidation sites excluding steroid dienone is 1. The van der Waals surface area contributed by atoms with Gasteiger partial charge in [-0.05, 0) is 12.5 Å². The topological polar surface area (TPSA) is 20.2 Å². The minimum atomic E-state index is -0.947. The van der Waals surface area contributed by atoms with E-state index in [4.69, 9.17) is 0 Å². The van der Waals surface area contributed by atoms with Crippen LogP contribution in [-0.2, 0) is 5.60 Å². The largest absolute Gasteiger partial charge is 0.380 e. The van der Waals surface area contributed by atoms with Gasteiger partial charge < -0.3 is 5.11 Å². The van der Waals surface area contributed by atoms with Gasteiger partial charge in [-0.15, -0.1) is 6.58 Å². The van der Waals surface area contributed by atoms with Crippen LogP contribution in [0.15, 0.2) is 55.1 Å². The van der Waals surface area contributed by atoms with Gasteiger partial charge in [0.2, 0.25) is 0 Å². The van der Waals surface area contributed by atoms with E-state index in [9.17, 15) is 5.11 Å². The van der Waals surface area contributed by atoms with Crippen molar-refractivity contribution >= 4 is 0 Å². The van der Waals surface area contributed by atoms with E-state index in [1.165, 1.54) is 0 Å². The van der Waals surface area contributed by atoms with Crippen molar-refractivity contribution in [2.75, 3.05) is 0 Å². The van der Waals surface area contributed by atoms with Crippen molar-refractivity contribution in [1.82, 2.24) is 0 Å². The Bertz CT molecular complexity index is 340. The SMILES string of the molecule is C=C[C@H](C)[C@@](O)(/C=C/C)c1ccccc1. The molecule has 80 valence electrons. The Labute approximate surface area is 91.8 Å². The molecule has 15 heavy (non-hydrogen) atoms. The fourth-order valence-electron chi connectivity index (χ4n) is 1.65. The maximum absolute atomic E-state index is 10.6. The van der Waals surface area contributed by atoms with Gasteiger partial charge in [-0.1, -0.05) is 55.5 Å². The molecule has 0 fully saturated rings. The van der Waals surface area contributed by atoms with Gasteiger partial charge >= 0.3 is 0 Å². The van der Waals surface area contributed by atoms with Gasteiger partial charge in [-0.25, -0.2) is 0 Å². The number of hydrogen-bond acceptors (Lipinski definition) is 1. The summed E-state index contributed by atoms with van der Waals surface area (Å²) in [6, 6.07) is 9.66. The molecular weight excluding hydrogens is 184 g/mol. The Morgan fingerprint density at radius 1 is 1.33 bits per heavy atom. The summed E-state index contributed by atoms with van der Waals surface area (Å²) in [5, 5.41) is 10.6. The number of benzene rings is 1. The molecule has 0 spiro atoms. The highest BCUT2D eigenvalue weighted by molar-refractivity contribution is 5.29. The molecule has 0 aliphatic carbocycles. The fourth-order valence-corrected chi connectivity index (χ4v) is 1.65. The van der Waals surface area contributed by atoms with Crippen molar-refractivity contribution in [2.24, 2.45) is 5.92 Å². The standard InChI is InChI=1S/C14H18O/c1-4-11-14(15,12(3)5-2)13-9-7-6-8-10-13/h4-12,15H,2H2,1,3H3/b11-4+/t12-,14-/m0/s1. The van der Waals surface area contributed by atoms with Crippen molar-refractivity contribution in [3.8, 4) is 0 Å². The Morgan fingerprint density at radius 3 is 2.40 bits per heavy atom. The molecule has 1 aromatic carbocycles. The third kappa shape index (κ3) is 2.37. The summed E-state index contributed by atoms with van der Waals surface area (Å²) in [5.41, 5.74) is -0.0481. The van der Waals surface area contributed by atoms with Gasteiger partial charge in [0.05, 0.1) is 0 Å². The van der Waals surface area contributed by atoms with Gasteiger partial charge in [-0.2, -0.15) is 0 Å². The van der Waals surface area contributed by atoms with Crippen LogP contribution in [0.3, 0.4) is 0 Å². The predicted molar refractivity (Wildman–Crippen MR) is 64.5 cm³/mol. The van der Waals surface area contributed by atoms with Crippen molar-refractivity contribution in [2.45, 2.75) is 19.4 Å². The highest BCUT2D eigenvalue weighted by atomic mass is 16.3. The van der Waals surface area contributed by atoms with E-state index in [-0.39, 0.29) is 5.92 Å². The van der Waals surface area contributed by atoms with Crippen LogP contribution in [0.1, 0.15) is 19.4 Å². The zero-order valence-electron chi connectivity index (χ0n) is 9.35. The second kappa shape index (κ2) is 4.94. The highest BCUT2D eigenvalue weighted by Gasteiger charge is 2.30. The molecule has 0 aliphatic heterocycles. The minimum Gasteiger partial charge on any atom is -0.380 e. The van der Waals surface area contributed by atoms with Crippen molar-refractivity contribution in [3.05, 3.63) is 60.7 Å². The molecule has 0 amide bonds. The van der Waals surface area contributed by atoms with Crippen LogP contribution in [-0.4, -0.2) is 5.11 Å². The molecule has 1 aromatic rings. The minimum absolute atomic E-state index is 0.0175. The lowest BCUT2D eigenvalue weighted by atomic mass is 9.82. The Morgan fingerprint density at radius 2 is 1.93 bits per heavy atom. The summed E-state index contributed by atoms with van der Waals surface area (Å²) in [6.45, 7) is 7.61. The summed E-state index contributed by atoms with van der Waals surface area (Å²) < 4.78 is 0. The van der Waals surface area contributed by atoms with E-state index >= 15 is 0 Å². The molecule has 0 saturated carbocycles. The predicted octanol–water partition coefficient (Wildman–Crippen LogP) is 3.27. The van der Waals surface area contributed by atoms with Crippen LogP contribution in [0.2, 0.25) is 0 Å². The van der Waals surface area contributed by atoms with Crippen molar-refractivity contribution < 1.29 is 5.11 Å². The fraction of sp³-hybridized carbons (Fsp3) is 0.286. The molecule has 0 aromatic heterocycles. The van der Waals surface area contributed by atoms with Gasteiger partial charge in [0, 0.05) is 5.92 Å². The lowest BCUT2D eigenvalue weighted by molar-refractivity contribution is 0.0518. The molecule has 1 heteroatoms. The van der Waals surface area contributed by atoms with Crippen LogP contribution in [0.4, 0.5) is 0 Å². The molecule has 1 rings (SSSR count). The van der Waals surface area contributed by atoms with E-state index < -0.39 is 5.60 Å². The molecule has 0 heterocycles. The third-order valence-electron chi connectivity index (χ3n) is 2.70. The first-order valence-electron chi connectivity index (χ1n) is 5.19. The van der Waals surface area contributed by atoms with Gasteiger partial charge in [0.15, 0.2) is 0 Å². The second-order valence-corrected chi connectivity index (χ2v) is 3.72. The maximum atomic E-state index is 10.6. The van der Waals surface area contributed by atoms with Crippen LogP contribution in [0.25, 0.3) is 0 Å². The van der Waals surface area contributed by atoms with Crippen molar-refractivity contribution in [3.63, 3.8) is 0 Å². The third-order valence-corrected chi connectivity index (χ3v) is 2.70. The molecule has 1 N–H and O–H groups in total. The molecule has 0 saturated heterocycles. The molecule has 1 nitrogen and oxygen atoms in total. The average molecular weight is 202 g/mol. The van der Waals surface area contributed by atoms with Gasteiger partial charge in [-0.3, -0.25) is 0 Å². The first-order valence-corrected chi connectivity index (χ1v) is 5.19. The molecule has 0 unspecified atom stereocenters. The quantitative estimate of drug-likeness (QED) is 0.743. The number of aliphatic hydroxyl groups is 1. The van der Waals surface area contributed by atoms with Gasteiger partial charge in [0.1, 0.15) is 5.60 Å². The highest BCUT2D eigenvalue weighted by Crippen LogP contribution is 2.31. The van der Waals surface area contributed by atoms with Crippen LogP contribution in [0.5, 0.6) is 0 Å². The van der Waals surface area contributed by atoms with Crippen molar-refractivity contribution in [1.29, 1.82) is 0 Å². The molecule has 0 aliphatic rings. The summed E-state index contributed by atoms with van der Waals surface area (Å²) in [4.78, 5) is 0. The Hall–Kier alpha value is -1.34. The summed E-state index contributed by atoms with van der Waals surface area (Å²) in [6.07, 6.45) is 5.45. The molecule has 0 bridgehead atoms. The number of hydrogen-bond donors (Lipinski definition) is 1. The lowest BCUT2D eigenvalue weighted by Gasteiger charge is -2.30. The summed E-state index contributed by atoms with van der Waals surface area (Å²) >= 11 is 0. The average Bonchev–Trinajstić information content (AvgIpc) is 2.29. The van der Waals surface area contributed by atoms with E-state index in [0.717, 1.165) is 5.56 Å². The van der Waals surface area contributed by atoms with Crippen LogP contribution < -0.4 is 0 Å². The molecular formula is C14H18O. The van der Waals surface area contributed by atoms with Crippen LogP contribution in [0, 0.1) is 5.92 Å².